The Balaban J connectivity index is 2.10. The summed E-state index contributed by atoms with van der Waals surface area (Å²) in [6, 6.07) is 8.53. The van der Waals surface area contributed by atoms with Crippen molar-refractivity contribution >= 4 is 12.4 Å². The highest BCUT2D eigenvalue weighted by Crippen LogP contribution is 2.45. The van der Waals surface area contributed by atoms with Crippen LogP contribution in [0.1, 0.15) is 17.2 Å². The predicted octanol–water partition coefficient (Wildman–Crippen LogP) is 1.62. The van der Waals surface area contributed by atoms with Gasteiger partial charge in [-0.15, -0.1) is 0 Å². The zero-order valence-electron chi connectivity index (χ0n) is 10.8. The molecule has 6 nitrogen and oxygen atoms in total. The van der Waals surface area contributed by atoms with Crippen molar-refractivity contribution in [3.8, 4) is 22.6 Å². The van der Waals surface area contributed by atoms with E-state index in [1.54, 1.807) is 36.4 Å². The molecule has 1 aliphatic carbocycles. The van der Waals surface area contributed by atoms with Crippen LogP contribution < -0.4 is 10.6 Å². The third kappa shape index (κ3) is 2.16. The molecule has 0 bridgehead atoms. The number of carbonyl (C=O) groups is 2. The molecule has 0 aliphatic heterocycles. The highest BCUT2D eigenvalue weighted by Gasteiger charge is 2.30. The molecule has 1 aliphatic rings. The lowest BCUT2D eigenvalue weighted by Crippen LogP contribution is -2.36. The Hall–Kier alpha value is -3.02. The van der Waals surface area contributed by atoms with Crippen molar-refractivity contribution in [3.63, 3.8) is 0 Å². The maximum absolute atomic E-state index is 11.6. The van der Waals surface area contributed by atoms with Gasteiger partial charge in [0.1, 0.15) is 11.5 Å². The number of hydrogen-bond donors (Lipinski definition) is 4. The zero-order valence-corrected chi connectivity index (χ0v) is 10.8. The summed E-state index contributed by atoms with van der Waals surface area (Å²) < 4.78 is 0. The molecular formula is C15H12N2O4. The Morgan fingerprint density at radius 3 is 2.00 bits per heavy atom. The number of fused-ring (bicyclic) bond motifs is 3. The van der Waals surface area contributed by atoms with Crippen LogP contribution in [-0.2, 0) is 4.79 Å². The minimum atomic E-state index is -0.652. The van der Waals surface area contributed by atoms with Crippen LogP contribution in [0.25, 0.3) is 11.1 Å². The fraction of sp³-hybridized carbons (Fsp3) is 0.0667. The van der Waals surface area contributed by atoms with Crippen LogP contribution in [0.15, 0.2) is 36.4 Å². The summed E-state index contributed by atoms with van der Waals surface area (Å²) in [5.74, 6) is 0.154. The van der Waals surface area contributed by atoms with Crippen molar-refractivity contribution in [2.75, 3.05) is 0 Å². The van der Waals surface area contributed by atoms with E-state index in [4.69, 9.17) is 0 Å². The second-order valence-electron chi connectivity index (χ2n) is 4.71. The van der Waals surface area contributed by atoms with Gasteiger partial charge in [0, 0.05) is 0 Å². The molecule has 0 unspecified atom stereocenters. The highest BCUT2D eigenvalue weighted by molar-refractivity contribution is 5.87. The minimum Gasteiger partial charge on any atom is -0.508 e. The lowest BCUT2D eigenvalue weighted by Gasteiger charge is -2.15. The quantitative estimate of drug-likeness (QED) is 0.630. The van der Waals surface area contributed by atoms with E-state index in [-0.39, 0.29) is 17.9 Å². The normalized spacial score (nSPS) is 12.4. The summed E-state index contributed by atoms with van der Waals surface area (Å²) >= 11 is 0. The van der Waals surface area contributed by atoms with E-state index in [0.717, 1.165) is 11.1 Å². The number of amides is 3. The molecule has 0 saturated heterocycles. The Kier molecular flexibility index (Phi) is 2.98. The van der Waals surface area contributed by atoms with E-state index in [0.29, 0.717) is 11.1 Å². The molecule has 2 aromatic carbocycles. The Labute approximate surface area is 120 Å². The van der Waals surface area contributed by atoms with Crippen LogP contribution in [0.5, 0.6) is 11.5 Å². The number of phenols is 2. The van der Waals surface area contributed by atoms with Gasteiger partial charge in [0.15, 0.2) is 0 Å². The molecule has 2 aromatic rings. The molecule has 21 heavy (non-hydrogen) atoms. The van der Waals surface area contributed by atoms with E-state index in [9.17, 15) is 19.8 Å². The number of nitrogens with one attached hydrogen (secondary N) is 2. The van der Waals surface area contributed by atoms with Gasteiger partial charge in [0.05, 0.1) is 6.04 Å². The van der Waals surface area contributed by atoms with E-state index in [2.05, 4.69) is 5.32 Å². The number of benzene rings is 2. The summed E-state index contributed by atoms with van der Waals surface area (Å²) in [5.41, 5.74) is 3.13. The van der Waals surface area contributed by atoms with Crippen molar-refractivity contribution < 1.29 is 19.8 Å². The number of urea groups is 1. The van der Waals surface area contributed by atoms with Gasteiger partial charge in [0.2, 0.25) is 6.41 Å². The highest BCUT2D eigenvalue weighted by atomic mass is 16.3. The Morgan fingerprint density at radius 2 is 1.52 bits per heavy atom. The Bertz CT molecular complexity index is 691. The van der Waals surface area contributed by atoms with Crippen molar-refractivity contribution in [2.45, 2.75) is 6.04 Å². The summed E-state index contributed by atoms with van der Waals surface area (Å²) in [6.07, 6.45) is 0.289. The van der Waals surface area contributed by atoms with Crippen LogP contribution in [0.3, 0.4) is 0 Å². The molecule has 0 radical (unpaired) electrons. The maximum Gasteiger partial charge on any atom is 0.321 e. The van der Waals surface area contributed by atoms with Crippen LogP contribution in [0.2, 0.25) is 0 Å². The molecule has 0 atom stereocenters. The van der Waals surface area contributed by atoms with Crippen LogP contribution >= 0.6 is 0 Å². The van der Waals surface area contributed by atoms with Gasteiger partial charge in [-0.25, -0.2) is 4.79 Å². The largest absolute Gasteiger partial charge is 0.508 e. The van der Waals surface area contributed by atoms with E-state index >= 15 is 0 Å². The second-order valence-corrected chi connectivity index (χ2v) is 4.71. The molecule has 0 aromatic heterocycles. The summed E-state index contributed by atoms with van der Waals surface area (Å²) in [5, 5.41) is 24.0. The molecule has 0 fully saturated rings. The topological polar surface area (TPSA) is 98.7 Å². The third-order valence-electron chi connectivity index (χ3n) is 3.45. The second kappa shape index (κ2) is 4.82. The number of carbonyl (C=O) groups excluding carboxylic acids is 2. The average molecular weight is 284 g/mol. The van der Waals surface area contributed by atoms with Gasteiger partial charge < -0.3 is 15.5 Å². The van der Waals surface area contributed by atoms with E-state index in [1.807, 2.05) is 5.32 Å². The molecule has 3 amide bonds. The molecule has 0 saturated carbocycles. The zero-order chi connectivity index (χ0) is 15.0. The average Bonchev–Trinajstić information content (AvgIpc) is 2.72. The molecule has 3 rings (SSSR count). The first-order valence-electron chi connectivity index (χ1n) is 6.27. The standard InChI is InChI=1S/C15H12N2O4/c18-7-16-15(21)17-14-12-5-8(19)1-3-10(12)11-4-2-9(20)6-13(11)14/h1-7,14,19-20H,(H2,16,17,18,21). The minimum absolute atomic E-state index is 0.0772. The van der Waals surface area contributed by atoms with E-state index in [1.165, 1.54) is 0 Å². The summed E-state index contributed by atoms with van der Waals surface area (Å²) in [4.78, 5) is 21.9. The van der Waals surface area contributed by atoms with Crippen LogP contribution in [0.4, 0.5) is 4.79 Å². The molecular weight excluding hydrogens is 272 g/mol. The lowest BCUT2D eigenvalue weighted by molar-refractivity contribution is -0.108. The fourth-order valence-corrected chi connectivity index (χ4v) is 2.62. The monoisotopic (exact) mass is 284 g/mol. The summed E-state index contributed by atoms with van der Waals surface area (Å²) in [7, 11) is 0. The first-order valence-corrected chi connectivity index (χ1v) is 6.27. The third-order valence-corrected chi connectivity index (χ3v) is 3.45. The number of hydrogen-bond acceptors (Lipinski definition) is 4. The number of imide groups is 1. The van der Waals surface area contributed by atoms with Crippen LogP contribution in [-0.4, -0.2) is 22.7 Å². The first kappa shape index (κ1) is 13.0. The van der Waals surface area contributed by atoms with Gasteiger partial charge in [0.25, 0.3) is 0 Å². The van der Waals surface area contributed by atoms with Crippen molar-refractivity contribution in [3.05, 3.63) is 47.5 Å². The van der Waals surface area contributed by atoms with Gasteiger partial charge >= 0.3 is 6.03 Å². The number of aromatic hydroxyl groups is 2. The maximum atomic E-state index is 11.6. The van der Waals surface area contributed by atoms with Crippen molar-refractivity contribution in [1.82, 2.24) is 10.6 Å². The van der Waals surface area contributed by atoms with Gasteiger partial charge in [-0.2, -0.15) is 0 Å². The molecule has 4 N–H and O–H groups in total. The SMILES string of the molecule is O=CNC(=O)NC1c2cc(O)ccc2-c2ccc(O)cc21. The molecule has 6 heteroatoms. The predicted molar refractivity (Wildman–Crippen MR) is 74.8 cm³/mol. The van der Waals surface area contributed by atoms with Crippen LogP contribution in [0, 0.1) is 0 Å². The molecule has 0 spiro atoms. The van der Waals surface area contributed by atoms with Gasteiger partial charge in [-0.3, -0.25) is 10.1 Å². The van der Waals surface area contributed by atoms with Gasteiger partial charge in [-0.05, 0) is 46.5 Å². The Morgan fingerprint density at radius 1 is 1.00 bits per heavy atom. The number of rotatable bonds is 2. The van der Waals surface area contributed by atoms with E-state index < -0.39 is 12.1 Å². The first-order chi connectivity index (χ1) is 10.1. The molecule has 106 valence electrons. The fourth-order valence-electron chi connectivity index (χ4n) is 2.62. The lowest BCUT2D eigenvalue weighted by atomic mass is 10.1. The van der Waals surface area contributed by atoms with Crippen molar-refractivity contribution in [2.24, 2.45) is 0 Å². The number of phenolic OH excluding ortho intramolecular Hbond substituents is 2. The van der Waals surface area contributed by atoms with Gasteiger partial charge in [-0.1, -0.05) is 12.1 Å². The smallest absolute Gasteiger partial charge is 0.321 e. The van der Waals surface area contributed by atoms with Crippen molar-refractivity contribution in [1.29, 1.82) is 0 Å². The molecule has 0 heterocycles. The summed E-state index contributed by atoms with van der Waals surface area (Å²) in [6.45, 7) is 0.